The summed E-state index contributed by atoms with van der Waals surface area (Å²) in [7, 11) is 0. The van der Waals surface area contributed by atoms with Crippen LogP contribution in [-0.4, -0.2) is 34.7 Å². The van der Waals surface area contributed by atoms with Crippen molar-refractivity contribution >= 4 is 11.3 Å². The van der Waals surface area contributed by atoms with E-state index >= 15 is 0 Å². The topological polar surface area (TPSA) is 36.4 Å². The van der Waals surface area contributed by atoms with Gasteiger partial charge in [-0.05, 0) is 6.92 Å². The van der Waals surface area contributed by atoms with Crippen molar-refractivity contribution in [1.29, 1.82) is 0 Å². The Bertz CT molecular complexity index is 257. The fourth-order valence-corrected chi connectivity index (χ4v) is 2.37. The molecule has 0 spiro atoms. The lowest BCUT2D eigenvalue weighted by Crippen LogP contribution is -2.49. The van der Waals surface area contributed by atoms with Crippen LogP contribution in [0.5, 0.6) is 0 Å². The summed E-state index contributed by atoms with van der Waals surface area (Å²) in [4.78, 5) is 6.63. The van der Waals surface area contributed by atoms with Gasteiger partial charge in [-0.15, -0.1) is 11.3 Å². The van der Waals surface area contributed by atoms with Crippen molar-refractivity contribution in [3.05, 3.63) is 16.6 Å². The highest BCUT2D eigenvalue weighted by Crippen LogP contribution is 2.28. The second kappa shape index (κ2) is 3.74. The number of likely N-dealkylation sites (tertiary alicyclic amines) is 1. The Morgan fingerprint density at radius 1 is 1.77 bits per heavy atom. The maximum absolute atomic E-state index is 8.88. The normalized spacial score (nSPS) is 21.4. The Labute approximate surface area is 82.0 Å². The Morgan fingerprint density at radius 2 is 2.54 bits per heavy atom. The first-order valence-electron chi connectivity index (χ1n) is 4.55. The first-order chi connectivity index (χ1) is 6.31. The lowest BCUT2D eigenvalue weighted by Gasteiger charge is -2.41. The Hall–Kier alpha value is -0.450. The van der Waals surface area contributed by atoms with Gasteiger partial charge >= 0.3 is 0 Å². The molecule has 4 heteroatoms. The van der Waals surface area contributed by atoms with Gasteiger partial charge in [0.15, 0.2) is 0 Å². The summed E-state index contributed by atoms with van der Waals surface area (Å²) < 4.78 is 0. The molecule has 1 N–H and O–H groups in total. The quantitative estimate of drug-likeness (QED) is 0.791. The van der Waals surface area contributed by atoms with Crippen LogP contribution in [0.15, 0.2) is 11.6 Å². The fraction of sp³-hybridized carbons (Fsp3) is 0.667. The minimum atomic E-state index is 0.321. The molecule has 1 fully saturated rings. The maximum atomic E-state index is 8.88. The largest absolute Gasteiger partial charge is 0.396 e. The maximum Gasteiger partial charge on any atom is 0.109 e. The van der Waals surface area contributed by atoms with E-state index in [2.05, 4.69) is 16.8 Å². The molecule has 0 aliphatic carbocycles. The molecule has 3 nitrogen and oxygen atoms in total. The van der Waals surface area contributed by atoms with Crippen LogP contribution in [0.2, 0.25) is 0 Å². The molecule has 0 aromatic carbocycles. The summed E-state index contributed by atoms with van der Waals surface area (Å²) in [6.45, 7) is 4.52. The van der Waals surface area contributed by atoms with E-state index in [4.69, 9.17) is 5.11 Å². The van der Waals surface area contributed by atoms with E-state index in [1.165, 1.54) is 5.01 Å². The first-order valence-corrected chi connectivity index (χ1v) is 5.43. The molecule has 1 saturated heterocycles. The van der Waals surface area contributed by atoms with Gasteiger partial charge in [0.2, 0.25) is 0 Å². The third-order valence-electron chi connectivity index (χ3n) is 2.60. The monoisotopic (exact) mass is 198 g/mol. The summed E-state index contributed by atoms with van der Waals surface area (Å²) in [6, 6.07) is 0.419. The van der Waals surface area contributed by atoms with Gasteiger partial charge < -0.3 is 5.11 Å². The molecule has 1 aromatic rings. The Kier molecular flexibility index (Phi) is 2.62. The van der Waals surface area contributed by atoms with E-state index in [1.54, 1.807) is 11.3 Å². The molecule has 0 saturated carbocycles. The number of aromatic nitrogens is 1. The average molecular weight is 198 g/mol. The molecular weight excluding hydrogens is 184 g/mol. The van der Waals surface area contributed by atoms with Gasteiger partial charge in [0, 0.05) is 37.2 Å². The van der Waals surface area contributed by atoms with Crippen molar-refractivity contribution in [1.82, 2.24) is 9.88 Å². The standard InChI is InChI=1S/C9H14N2OS/c1-7(9-10-2-3-13-9)11-4-8(5-11)6-12/h2-3,7-8,12H,4-6H2,1H3/t7-/m0/s1. The molecule has 1 aliphatic heterocycles. The molecule has 2 rings (SSSR count). The molecular formula is C9H14N2OS. The molecule has 0 unspecified atom stereocenters. The van der Waals surface area contributed by atoms with E-state index in [0.29, 0.717) is 18.6 Å². The smallest absolute Gasteiger partial charge is 0.109 e. The van der Waals surface area contributed by atoms with Crippen molar-refractivity contribution in [2.45, 2.75) is 13.0 Å². The van der Waals surface area contributed by atoms with Crippen molar-refractivity contribution in [3.8, 4) is 0 Å². The highest BCUT2D eigenvalue weighted by Gasteiger charge is 2.30. The Morgan fingerprint density at radius 3 is 3.08 bits per heavy atom. The second-order valence-corrected chi connectivity index (χ2v) is 4.47. The summed E-state index contributed by atoms with van der Waals surface area (Å²) in [5.74, 6) is 0.488. The molecule has 2 heterocycles. The van der Waals surface area contributed by atoms with Crippen LogP contribution >= 0.6 is 11.3 Å². The van der Waals surface area contributed by atoms with Gasteiger partial charge in [0.05, 0.1) is 6.04 Å². The molecule has 0 bridgehead atoms. The molecule has 0 radical (unpaired) electrons. The third kappa shape index (κ3) is 1.75. The first kappa shape index (κ1) is 9.12. The van der Waals surface area contributed by atoms with E-state index in [1.807, 2.05) is 11.6 Å². The van der Waals surface area contributed by atoms with Crippen LogP contribution in [0.1, 0.15) is 18.0 Å². The average Bonchev–Trinajstić information content (AvgIpc) is 2.53. The number of nitrogens with zero attached hydrogens (tertiary/aromatic N) is 2. The van der Waals surface area contributed by atoms with Crippen LogP contribution < -0.4 is 0 Å². The molecule has 1 atom stereocenters. The number of aliphatic hydroxyl groups is 1. The number of hydrogen-bond acceptors (Lipinski definition) is 4. The third-order valence-corrected chi connectivity index (χ3v) is 3.55. The number of rotatable bonds is 3. The highest BCUT2D eigenvalue weighted by atomic mass is 32.1. The minimum absolute atomic E-state index is 0.321. The van der Waals surface area contributed by atoms with E-state index in [-0.39, 0.29) is 0 Å². The van der Waals surface area contributed by atoms with Crippen molar-refractivity contribution in [3.63, 3.8) is 0 Å². The van der Waals surface area contributed by atoms with E-state index in [9.17, 15) is 0 Å². The lowest BCUT2D eigenvalue weighted by molar-refractivity contribution is 0.0245. The van der Waals surface area contributed by atoms with Crippen LogP contribution in [0, 0.1) is 5.92 Å². The van der Waals surface area contributed by atoms with Gasteiger partial charge in [0.25, 0.3) is 0 Å². The summed E-state index contributed by atoms with van der Waals surface area (Å²) in [5, 5.41) is 12.1. The van der Waals surface area contributed by atoms with Gasteiger partial charge in [-0.1, -0.05) is 0 Å². The SMILES string of the molecule is C[C@@H](c1nccs1)N1CC(CO)C1. The molecule has 13 heavy (non-hydrogen) atoms. The van der Waals surface area contributed by atoms with Crippen LogP contribution in [-0.2, 0) is 0 Å². The molecule has 72 valence electrons. The zero-order valence-corrected chi connectivity index (χ0v) is 8.50. The van der Waals surface area contributed by atoms with E-state index < -0.39 is 0 Å². The number of hydrogen-bond donors (Lipinski definition) is 1. The zero-order valence-electron chi connectivity index (χ0n) is 7.68. The van der Waals surface area contributed by atoms with Crippen LogP contribution in [0.3, 0.4) is 0 Å². The second-order valence-electron chi connectivity index (χ2n) is 3.55. The lowest BCUT2D eigenvalue weighted by atomic mass is 9.99. The number of aliphatic hydroxyl groups excluding tert-OH is 1. The molecule has 1 aromatic heterocycles. The predicted octanol–water partition coefficient (Wildman–Crippen LogP) is 1.13. The van der Waals surface area contributed by atoms with Crippen LogP contribution in [0.4, 0.5) is 0 Å². The van der Waals surface area contributed by atoms with Crippen molar-refractivity contribution in [2.75, 3.05) is 19.7 Å². The molecule has 0 amide bonds. The minimum Gasteiger partial charge on any atom is -0.396 e. The van der Waals surface area contributed by atoms with Gasteiger partial charge in [-0.2, -0.15) is 0 Å². The van der Waals surface area contributed by atoms with Gasteiger partial charge in [0.1, 0.15) is 5.01 Å². The Balaban J connectivity index is 1.90. The highest BCUT2D eigenvalue weighted by molar-refractivity contribution is 7.09. The molecule has 1 aliphatic rings. The summed E-state index contributed by atoms with van der Waals surface area (Å²) in [6.07, 6.45) is 1.85. The van der Waals surface area contributed by atoms with Crippen molar-refractivity contribution < 1.29 is 5.11 Å². The van der Waals surface area contributed by atoms with Crippen molar-refractivity contribution in [2.24, 2.45) is 5.92 Å². The summed E-state index contributed by atoms with van der Waals surface area (Å²) in [5.41, 5.74) is 0. The fourth-order valence-electron chi connectivity index (χ4n) is 1.64. The summed E-state index contributed by atoms with van der Waals surface area (Å²) >= 11 is 1.70. The zero-order chi connectivity index (χ0) is 9.26. The van der Waals surface area contributed by atoms with Crippen LogP contribution in [0.25, 0.3) is 0 Å². The van der Waals surface area contributed by atoms with E-state index in [0.717, 1.165) is 13.1 Å². The predicted molar refractivity (Wildman–Crippen MR) is 52.7 cm³/mol. The van der Waals surface area contributed by atoms with Gasteiger partial charge in [-0.25, -0.2) is 4.98 Å². The van der Waals surface area contributed by atoms with Gasteiger partial charge in [-0.3, -0.25) is 4.90 Å². The number of thiazole rings is 1.